The molecule has 3 nitrogen and oxygen atoms in total. The number of fused-ring (bicyclic) bond motifs is 4. The first-order chi connectivity index (χ1) is 32.4. The van der Waals surface area contributed by atoms with Gasteiger partial charge in [0.2, 0.25) is 0 Å². The van der Waals surface area contributed by atoms with Crippen molar-refractivity contribution in [1.29, 1.82) is 0 Å². The van der Waals surface area contributed by atoms with Crippen molar-refractivity contribution >= 4 is 65.9 Å². The van der Waals surface area contributed by atoms with Gasteiger partial charge in [0.15, 0.2) is 11.6 Å². The zero-order valence-corrected chi connectivity index (χ0v) is 36.9. The lowest BCUT2D eigenvalue weighted by molar-refractivity contribution is 0.103. The Balaban J connectivity index is 0.947. The summed E-state index contributed by atoms with van der Waals surface area (Å²) >= 11 is 0. The molecule has 66 heavy (non-hydrogen) atoms. The van der Waals surface area contributed by atoms with Gasteiger partial charge in [0.05, 0.1) is 5.71 Å². The van der Waals surface area contributed by atoms with Crippen molar-refractivity contribution in [3.05, 3.63) is 257 Å². The molecule has 10 aromatic rings. The molecule has 0 radical (unpaired) electrons. The molecule has 10 aromatic carbocycles. The molecule has 0 saturated heterocycles. The largest absolute Gasteiger partial charge is 0.289 e. The highest BCUT2D eigenvalue weighted by Crippen LogP contribution is 2.37. The normalized spacial score (nSPS) is 14.9. The molecule has 314 valence electrons. The second-order valence-corrected chi connectivity index (χ2v) is 17.3. The maximum absolute atomic E-state index is 14.7. The van der Waals surface area contributed by atoms with E-state index in [1.807, 2.05) is 91.1 Å². The van der Waals surface area contributed by atoms with Gasteiger partial charge in [0, 0.05) is 34.0 Å². The van der Waals surface area contributed by atoms with E-state index in [2.05, 4.69) is 135 Å². The highest BCUT2D eigenvalue weighted by Gasteiger charge is 2.22. The quantitative estimate of drug-likeness (QED) is 0.143. The molecular weight excluding hydrogens is 803 g/mol. The van der Waals surface area contributed by atoms with Crippen LogP contribution in [0.15, 0.2) is 217 Å². The highest BCUT2D eigenvalue weighted by molar-refractivity contribution is 6.26. The fourth-order valence-electron chi connectivity index (χ4n) is 9.80. The van der Waals surface area contributed by atoms with Crippen molar-refractivity contribution in [2.45, 2.75) is 26.7 Å². The third-order valence-corrected chi connectivity index (χ3v) is 13.2. The molecule has 11 rings (SSSR count). The Hall–Kier alpha value is -8.27. The Kier molecular flexibility index (Phi) is 10.4. The van der Waals surface area contributed by atoms with Crippen LogP contribution in [-0.4, -0.2) is 17.3 Å². The number of benzene rings is 10. The summed E-state index contributed by atoms with van der Waals surface area (Å²) in [5.41, 5.74) is 13.5. The summed E-state index contributed by atoms with van der Waals surface area (Å²) < 4.78 is 0. The summed E-state index contributed by atoms with van der Waals surface area (Å²) in [4.78, 5) is 34.5. The molecule has 1 aliphatic heterocycles. The SMILES string of the molecule is Cc1ccc(-c2ccc(C(=O)c3ccc(C4=N\C=C(\c5ccc(C(=O)c6ccc(-c7ccc(C)cc7)c7ccccc67)c6ccccc56)CC/C=C\4)c4ccccc34)c3ccccc23)cc1. The Morgan fingerprint density at radius 2 is 0.727 bits per heavy atom. The van der Waals surface area contributed by atoms with Crippen LogP contribution in [0.3, 0.4) is 0 Å². The van der Waals surface area contributed by atoms with Crippen molar-refractivity contribution in [2.75, 3.05) is 0 Å². The summed E-state index contributed by atoms with van der Waals surface area (Å²) in [6.45, 7) is 4.19. The van der Waals surface area contributed by atoms with Crippen molar-refractivity contribution in [1.82, 2.24) is 0 Å². The van der Waals surface area contributed by atoms with Crippen LogP contribution in [0.4, 0.5) is 0 Å². The molecule has 1 heterocycles. The molecule has 0 amide bonds. The van der Waals surface area contributed by atoms with Crippen LogP contribution in [0.1, 0.15) is 66.9 Å². The maximum Gasteiger partial charge on any atom is 0.194 e. The summed E-state index contributed by atoms with van der Waals surface area (Å²) in [6, 6.07) is 66.1. The molecule has 0 aromatic heterocycles. The summed E-state index contributed by atoms with van der Waals surface area (Å²) in [6.07, 6.45) is 7.89. The summed E-state index contributed by atoms with van der Waals surface area (Å²) in [5.74, 6) is -0.0106. The lowest BCUT2D eigenvalue weighted by Crippen LogP contribution is -2.06. The van der Waals surface area contributed by atoms with E-state index in [1.165, 1.54) is 11.1 Å². The van der Waals surface area contributed by atoms with Gasteiger partial charge in [-0.2, -0.15) is 0 Å². The third kappa shape index (κ3) is 7.25. The second-order valence-electron chi connectivity index (χ2n) is 17.3. The molecule has 0 aliphatic carbocycles. The van der Waals surface area contributed by atoms with E-state index in [4.69, 9.17) is 4.99 Å². The van der Waals surface area contributed by atoms with E-state index in [1.54, 1.807) is 0 Å². The van der Waals surface area contributed by atoms with Gasteiger partial charge in [-0.05, 0) is 134 Å². The average molecular weight is 848 g/mol. The number of carbonyl (C=O) groups excluding carboxylic acids is 2. The van der Waals surface area contributed by atoms with Gasteiger partial charge in [-0.3, -0.25) is 14.6 Å². The molecule has 0 saturated carbocycles. The van der Waals surface area contributed by atoms with Crippen LogP contribution in [0, 0.1) is 13.8 Å². The minimum absolute atomic E-state index is 0.000508. The van der Waals surface area contributed by atoms with Gasteiger partial charge in [-0.15, -0.1) is 0 Å². The number of hydrogen-bond acceptors (Lipinski definition) is 3. The van der Waals surface area contributed by atoms with Crippen molar-refractivity contribution < 1.29 is 9.59 Å². The van der Waals surface area contributed by atoms with E-state index in [-0.39, 0.29) is 11.6 Å². The standard InChI is InChI=1S/C63H45NO2/c1-40-23-27-42(28-24-40)45-31-35-57(52-18-8-4-14-48(45)52)62(65)59-37-33-47(50-16-6-10-20-54(50)59)44-13-3-12-22-61(64-39-44)56-34-38-60(55-21-11-7-17-51(55)56)63(66)58-36-32-46(43-29-25-41(2)26-30-43)49-15-5-9-19-53(49)58/h4-12,14-39H,3,13H2,1-2H3/b22-12-,44-39+,64-61-. The monoisotopic (exact) mass is 847 g/mol. The Morgan fingerprint density at radius 1 is 0.379 bits per heavy atom. The van der Waals surface area contributed by atoms with Crippen LogP contribution in [0.25, 0.3) is 70.9 Å². The van der Waals surface area contributed by atoms with Crippen LogP contribution in [-0.2, 0) is 0 Å². The van der Waals surface area contributed by atoms with Gasteiger partial charge < -0.3 is 0 Å². The van der Waals surface area contributed by atoms with Crippen LogP contribution < -0.4 is 0 Å². The minimum atomic E-state index is -0.0111. The zero-order valence-electron chi connectivity index (χ0n) is 36.9. The third-order valence-electron chi connectivity index (χ3n) is 13.2. The minimum Gasteiger partial charge on any atom is -0.289 e. The van der Waals surface area contributed by atoms with Gasteiger partial charge in [0.25, 0.3) is 0 Å². The van der Waals surface area contributed by atoms with E-state index in [0.717, 1.165) is 101 Å². The molecule has 0 spiro atoms. The lowest BCUT2D eigenvalue weighted by atomic mass is 9.87. The van der Waals surface area contributed by atoms with Gasteiger partial charge >= 0.3 is 0 Å². The Bertz CT molecular complexity index is 3680. The summed E-state index contributed by atoms with van der Waals surface area (Å²) in [5, 5.41) is 7.77. The van der Waals surface area contributed by atoms with Crippen molar-refractivity contribution in [2.24, 2.45) is 4.99 Å². The highest BCUT2D eigenvalue weighted by atomic mass is 16.1. The first-order valence-corrected chi connectivity index (χ1v) is 22.7. The number of carbonyl (C=O) groups is 2. The number of rotatable bonds is 8. The predicted octanol–water partition coefficient (Wildman–Crippen LogP) is 15.9. The van der Waals surface area contributed by atoms with Crippen molar-refractivity contribution in [3.63, 3.8) is 0 Å². The summed E-state index contributed by atoms with van der Waals surface area (Å²) in [7, 11) is 0. The number of ketones is 2. The van der Waals surface area contributed by atoms with Crippen LogP contribution >= 0.6 is 0 Å². The average Bonchev–Trinajstić information content (AvgIpc) is 3.35. The first-order valence-electron chi connectivity index (χ1n) is 22.7. The van der Waals surface area contributed by atoms with E-state index in [9.17, 15) is 9.59 Å². The molecule has 0 atom stereocenters. The topological polar surface area (TPSA) is 46.5 Å². The van der Waals surface area contributed by atoms with E-state index >= 15 is 0 Å². The maximum atomic E-state index is 14.7. The molecule has 1 aliphatic rings. The Labute approximate surface area is 384 Å². The van der Waals surface area contributed by atoms with Crippen molar-refractivity contribution in [3.8, 4) is 22.3 Å². The number of nitrogens with zero attached hydrogens (tertiary/aromatic N) is 1. The van der Waals surface area contributed by atoms with E-state index in [0.29, 0.717) is 22.3 Å². The zero-order chi connectivity index (χ0) is 44.7. The molecule has 0 N–H and O–H groups in total. The number of aryl methyl sites for hydroxylation is 2. The first kappa shape index (κ1) is 40.5. The van der Waals surface area contributed by atoms with Gasteiger partial charge in [-0.25, -0.2) is 0 Å². The number of aliphatic imine (C=N–C) groups is 1. The fourth-order valence-corrected chi connectivity index (χ4v) is 9.80. The molecule has 0 fully saturated rings. The van der Waals surface area contributed by atoms with Crippen LogP contribution in [0.2, 0.25) is 0 Å². The fraction of sp³-hybridized carbons (Fsp3) is 0.0635. The number of allylic oxidation sites excluding steroid dienone is 3. The molecule has 0 unspecified atom stereocenters. The predicted molar refractivity (Wildman–Crippen MR) is 276 cm³/mol. The molecule has 0 bridgehead atoms. The van der Waals surface area contributed by atoms with Gasteiger partial charge in [-0.1, -0.05) is 187 Å². The van der Waals surface area contributed by atoms with Crippen LogP contribution in [0.5, 0.6) is 0 Å². The smallest absolute Gasteiger partial charge is 0.194 e. The van der Waals surface area contributed by atoms with E-state index < -0.39 is 0 Å². The lowest BCUT2D eigenvalue weighted by Gasteiger charge is -2.16. The Morgan fingerprint density at radius 3 is 1.15 bits per heavy atom. The second kappa shape index (κ2) is 17.0. The molecular formula is C63H45NO2. The number of hydrogen-bond donors (Lipinski definition) is 0. The van der Waals surface area contributed by atoms with Gasteiger partial charge in [0.1, 0.15) is 0 Å². The molecule has 3 heteroatoms.